The number of nitrogens with zero attached hydrogens (tertiary/aromatic N) is 3. The summed E-state index contributed by atoms with van der Waals surface area (Å²) in [5.41, 5.74) is 1.08. The summed E-state index contributed by atoms with van der Waals surface area (Å²) < 4.78 is 1.70. The Kier molecular flexibility index (Phi) is 3.33. The highest BCUT2D eigenvalue weighted by molar-refractivity contribution is 6.30. The second kappa shape index (κ2) is 4.98. The quantitative estimate of drug-likeness (QED) is 0.904. The lowest BCUT2D eigenvalue weighted by Crippen LogP contribution is -2.42. The standard InChI is InChI=1S/C13H18ClN5/c1-13(5-2-6-15-8-13)9-16-12-17-11-4-3-10(14)7-19(11)18-12/h3-4,7,15H,2,5-6,8-9H2,1H3,(H,16,18). The lowest BCUT2D eigenvalue weighted by atomic mass is 9.83. The zero-order valence-corrected chi connectivity index (χ0v) is 11.7. The third-order valence-corrected chi connectivity index (χ3v) is 3.88. The normalized spacial score (nSPS) is 23.7. The third kappa shape index (κ3) is 2.82. The maximum absolute atomic E-state index is 5.93. The van der Waals surface area contributed by atoms with Gasteiger partial charge in [0.05, 0.1) is 5.02 Å². The minimum Gasteiger partial charge on any atom is -0.352 e. The van der Waals surface area contributed by atoms with Gasteiger partial charge >= 0.3 is 0 Å². The van der Waals surface area contributed by atoms with Crippen LogP contribution < -0.4 is 10.6 Å². The smallest absolute Gasteiger partial charge is 0.243 e. The van der Waals surface area contributed by atoms with Crippen LogP contribution in [-0.4, -0.2) is 34.2 Å². The largest absolute Gasteiger partial charge is 0.352 e. The van der Waals surface area contributed by atoms with Crippen molar-refractivity contribution in [2.24, 2.45) is 5.41 Å². The molecule has 0 aromatic carbocycles. The topological polar surface area (TPSA) is 54.2 Å². The number of piperidine rings is 1. The van der Waals surface area contributed by atoms with Crippen molar-refractivity contribution >= 4 is 23.2 Å². The minimum atomic E-state index is 0.271. The van der Waals surface area contributed by atoms with Crippen LogP contribution in [0.2, 0.25) is 5.02 Å². The number of fused-ring (bicyclic) bond motifs is 1. The number of aromatic nitrogens is 3. The summed E-state index contributed by atoms with van der Waals surface area (Å²) in [6.45, 7) is 5.34. The first-order chi connectivity index (χ1) is 9.15. The van der Waals surface area contributed by atoms with Crippen molar-refractivity contribution in [3.8, 4) is 0 Å². The highest BCUT2D eigenvalue weighted by Crippen LogP contribution is 2.25. The first-order valence-corrected chi connectivity index (χ1v) is 6.99. The average molecular weight is 280 g/mol. The Morgan fingerprint density at radius 2 is 2.42 bits per heavy atom. The van der Waals surface area contributed by atoms with Crippen molar-refractivity contribution in [2.45, 2.75) is 19.8 Å². The van der Waals surface area contributed by atoms with E-state index < -0.39 is 0 Å². The molecular formula is C13H18ClN5. The van der Waals surface area contributed by atoms with E-state index in [1.165, 1.54) is 12.8 Å². The fraction of sp³-hybridized carbons (Fsp3) is 0.538. The predicted molar refractivity (Wildman–Crippen MR) is 76.7 cm³/mol. The number of hydrogen-bond donors (Lipinski definition) is 2. The second-order valence-electron chi connectivity index (χ2n) is 5.53. The molecule has 0 radical (unpaired) electrons. The molecule has 0 aliphatic carbocycles. The van der Waals surface area contributed by atoms with Crippen LogP contribution in [0.15, 0.2) is 18.3 Å². The molecule has 1 saturated heterocycles. The fourth-order valence-electron chi connectivity index (χ4n) is 2.49. The van der Waals surface area contributed by atoms with Gasteiger partial charge in [0.25, 0.3) is 0 Å². The maximum Gasteiger partial charge on any atom is 0.243 e. The number of pyridine rings is 1. The summed E-state index contributed by atoms with van der Waals surface area (Å²) in [6, 6.07) is 3.69. The monoisotopic (exact) mass is 279 g/mol. The van der Waals surface area contributed by atoms with Gasteiger partial charge in [0.1, 0.15) is 0 Å². The number of rotatable bonds is 3. The van der Waals surface area contributed by atoms with Crippen molar-refractivity contribution in [3.05, 3.63) is 23.4 Å². The highest BCUT2D eigenvalue weighted by Gasteiger charge is 2.26. The van der Waals surface area contributed by atoms with Crippen molar-refractivity contribution in [1.82, 2.24) is 19.9 Å². The summed E-state index contributed by atoms with van der Waals surface area (Å²) in [6.07, 6.45) is 4.22. The molecule has 102 valence electrons. The summed E-state index contributed by atoms with van der Waals surface area (Å²) in [5.74, 6) is 0.661. The van der Waals surface area contributed by atoms with Crippen molar-refractivity contribution in [3.63, 3.8) is 0 Å². The van der Waals surface area contributed by atoms with Gasteiger partial charge in [-0.1, -0.05) is 18.5 Å². The van der Waals surface area contributed by atoms with Gasteiger partial charge < -0.3 is 10.6 Å². The van der Waals surface area contributed by atoms with Crippen LogP contribution in [0.1, 0.15) is 19.8 Å². The van der Waals surface area contributed by atoms with E-state index in [9.17, 15) is 0 Å². The molecule has 1 fully saturated rings. The van der Waals surface area contributed by atoms with Gasteiger partial charge in [-0.05, 0) is 36.9 Å². The van der Waals surface area contributed by atoms with E-state index in [1.54, 1.807) is 10.7 Å². The maximum atomic E-state index is 5.93. The molecular weight excluding hydrogens is 262 g/mol. The van der Waals surface area contributed by atoms with Crippen LogP contribution in [0.25, 0.3) is 5.65 Å². The molecule has 1 unspecified atom stereocenters. The second-order valence-corrected chi connectivity index (χ2v) is 5.97. The molecule has 2 aromatic heterocycles. The van der Waals surface area contributed by atoms with Crippen molar-refractivity contribution < 1.29 is 0 Å². The Hall–Kier alpha value is -1.33. The van der Waals surface area contributed by atoms with Gasteiger partial charge in [-0.2, -0.15) is 4.98 Å². The lowest BCUT2D eigenvalue weighted by Gasteiger charge is -2.34. The molecule has 0 bridgehead atoms. The zero-order chi connectivity index (χ0) is 13.3. The van der Waals surface area contributed by atoms with Gasteiger partial charge in [0, 0.05) is 19.3 Å². The van der Waals surface area contributed by atoms with Gasteiger partial charge in [0.15, 0.2) is 5.65 Å². The molecule has 1 aliphatic rings. The molecule has 0 spiro atoms. The SMILES string of the molecule is CC1(CNc2nc3ccc(Cl)cn3n2)CCCNC1. The molecule has 0 saturated carbocycles. The van der Waals surface area contributed by atoms with Crippen LogP contribution >= 0.6 is 11.6 Å². The average Bonchev–Trinajstić information content (AvgIpc) is 2.79. The first kappa shape index (κ1) is 12.7. The molecule has 6 heteroatoms. The van der Waals surface area contributed by atoms with Gasteiger partial charge in [-0.15, -0.1) is 5.10 Å². The number of anilines is 1. The highest BCUT2D eigenvalue weighted by atomic mass is 35.5. The Morgan fingerprint density at radius 1 is 1.53 bits per heavy atom. The fourth-order valence-corrected chi connectivity index (χ4v) is 2.65. The van der Waals surface area contributed by atoms with E-state index in [0.717, 1.165) is 25.3 Å². The Bertz CT molecular complexity index is 573. The molecule has 2 aromatic rings. The van der Waals surface area contributed by atoms with E-state index in [-0.39, 0.29) is 5.41 Å². The van der Waals surface area contributed by atoms with E-state index in [0.29, 0.717) is 11.0 Å². The molecule has 1 atom stereocenters. The summed E-state index contributed by atoms with van der Waals surface area (Å²) in [4.78, 5) is 4.43. The van der Waals surface area contributed by atoms with Crippen LogP contribution in [0, 0.1) is 5.41 Å². The van der Waals surface area contributed by atoms with E-state index >= 15 is 0 Å². The Morgan fingerprint density at radius 3 is 3.21 bits per heavy atom. The molecule has 1 aliphatic heterocycles. The van der Waals surface area contributed by atoms with Crippen LogP contribution in [0.5, 0.6) is 0 Å². The minimum absolute atomic E-state index is 0.271. The number of hydrogen-bond acceptors (Lipinski definition) is 4. The molecule has 19 heavy (non-hydrogen) atoms. The van der Waals surface area contributed by atoms with E-state index in [2.05, 4.69) is 27.6 Å². The van der Waals surface area contributed by atoms with Crippen LogP contribution in [-0.2, 0) is 0 Å². The Labute approximate surface area is 117 Å². The van der Waals surface area contributed by atoms with Gasteiger partial charge in [-0.25, -0.2) is 4.52 Å². The molecule has 0 amide bonds. The zero-order valence-electron chi connectivity index (χ0n) is 11.0. The Balaban J connectivity index is 1.71. The first-order valence-electron chi connectivity index (χ1n) is 6.61. The van der Waals surface area contributed by atoms with Crippen LogP contribution in [0.3, 0.4) is 0 Å². The lowest BCUT2D eigenvalue weighted by molar-refractivity contribution is 0.253. The van der Waals surface area contributed by atoms with Crippen molar-refractivity contribution in [1.29, 1.82) is 0 Å². The van der Waals surface area contributed by atoms with Gasteiger partial charge in [0.2, 0.25) is 5.95 Å². The van der Waals surface area contributed by atoms with E-state index in [4.69, 9.17) is 11.6 Å². The van der Waals surface area contributed by atoms with Crippen LogP contribution in [0.4, 0.5) is 5.95 Å². The molecule has 2 N–H and O–H groups in total. The molecule has 3 rings (SSSR count). The molecule has 3 heterocycles. The van der Waals surface area contributed by atoms with Crippen molar-refractivity contribution in [2.75, 3.05) is 25.0 Å². The van der Waals surface area contributed by atoms with E-state index in [1.807, 2.05) is 12.1 Å². The summed E-state index contributed by atoms with van der Waals surface area (Å²) in [5, 5.41) is 11.8. The predicted octanol–water partition coefficient (Wildman–Crippen LogP) is 2.18. The number of nitrogens with one attached hydrogen (secondary N) is 2. The summed E-state index contributed by atoms with van der Waals surface area (Å²) in [7, 11) is 0. The summed E-state index contributed by atoms with van der Waals surface area (Å²) >= 11 is 5.93. The third-order valence-electron chi connectivity index (χ3n) is 3.65. The number of halogens is 1. The van der Waals surface area contributed by atoms with Gasteiger partial charge in [-0.3, -0.25) is 0 Å². The molecule has 5 nitrogen and oxygen atoms in total.